The molecule has 1 heterocycles. The van der Waals surface area contributed by atoms with Crippen LogP contribution in [0.25, 0.3) is 11.0 Å². The quantitative estimate of drug-likeness (QED) is 0.483. The van der Waals surface area contributed by atoms with Crippen molar-refractivity contribution in [2.75, 3.05) is 7.11 Å². The molecule has 128 valence electrons. The maximum absolute atomic E-state index is 12.1. The molecule has 0 aliphatic carbocycles. The van der Waals surface area contributed by atoms with Gasteiger partial charge in [0.15, 0.2) is 17.3 Å². The number of carbonyl (C=O) groups excluding carboxylic acids is 1. The minimum absolute atomic E-state index is 0.0814. The summed E-state index contributed by atoms with van der Waals surface area (Å²) < 4.78 is 11.2. The average molecular weight is 424 g/mol. The molecule has 2 aromatic carbocycles. The molecule has 25 heavy (non-hydrogen) atoms. The second-order valence-corrected chi connectivity index (χ2v) is 6.39. The molecule has 0 aliphatic heterocycles. The van der Waals surface area contributed by atoms with Crippen LogP contribution in [0.4, 0.5) is 0 Å². The van der Waals surface area contributed by atoms with Gasteiger partial charge in [0.05, 0.1) is 13.3 Å². The number of nitrogens with one attached hydrogen (secondary N) is 1. The van der Waals surface area contributed by atoms with Gasteiger partial charge in [-0.15, -0.1) is 0 Å². The number of ether oxygens (including phenoxy) is 1. The Morgan fingerprint density at radius 2 is 2.16 bits per heavy atom. The van der Waals surface area contributed by atoms with Crippen molar-refractivity contribution in [2.24, 2.45) is 5.10 Å². The van der Waals surface area contributed by atoms with Gasteiger partial charge in [-0.3, -0.25) is 4.79 Å². The van der Waals surface area contributed by atoms with E-state index >= 15 is 0 Å². The summed E-state index contributed by atoms with van der Waals surface area (Å²) in [4.78, 5) is 12.1. The Hall–Kier alpha value is -2.51. The van der Waals surface area contributed by atoms with Gasteiger partial charge in [-0.2, -0.15) is 5.10 Å². The summed E-state index contributed by atoms with van der Waals surface area (Å²) in [5, 5.41) is 15.1. The van der Waals surface area contributed by atoms with Gasteiger partial charge in [-0.25, -0.2) is 5.43 Å². The van der Waals surface area contributed by atoms with Gasteiger partial charge >= 0.3 is 5.91 Å². The van der Waals surface area contributed by atoms with E-state index in [9.17, 15) is 9.90 Å². The van der Waals surface area contributed by atoms with Crippen LogP contribution >= 0.6 is 27.5 Å². The first kappa shape index (κ1) is 17.3. The lowest BCUT2D eigenvalue weighted by Crippen LogP contribution is -2.16. The van der Waals surface area contributed by atoms with Gasteiger partial charge in [-0.05, 0) is 36.4 Å². The number of fused-ring (bicyclic) bond motifs is 1. The number of phenolic OH excluding ortho intramolecular Hbond substituents is 1. The van der Waals surface area contributed by atoms with E-state index in [0.717, 1.165) is 5.39 Å². The molecule has 6 nitrogen and oxygen atoms in total. The summed E-state index contributed by atoms with van der Waals surface area (Å²) in [6.07, 6.45) is 1.31. The minimum atomic E-state index is -0.523. The molecule has 0 bridgehead atoms. The molecule has 1 aromatic heterocycles. The Kier molecular flexibility index (Phi) is 4.96. The number of rotatable bonds is 4. The number of halogens is 2. The van der Waals surface area contributed by atoms with E-state index in [1.54, 1.807) is 36.4 Å². The molecule has 0 fully saturated rings. The maximum Gasteiger partial charge on any atom is 0.307 e. The standard InChI is InChI=1S/C17H12BrClN2O4/c1-24-14-7-11(18)4-10(16(14)22)8-20-21-17(23)15-6-9-5-12(19)2-3-13(9)25-15/h2-8,22H,1H3,(H,21,23)/b20-8+. The maximum atomic E-state index is 12.1. The monoisotopic (exact) mass is 422 g/mol. The number of aromatic hydroxyl groups is 1. The van der Waals surface area contributed by atoms with E-state index in [0.29, 0.717) is 20.6 Å². The summed E-state index contributed by atoms with van der Waals surface area (Å²) in [6, 6.07) is 9.89. The molecular formula is C17H12BrClN2O4. The number of hydrogen-bond donors (Lipinski definition) is 2. The number of phenols is 1. The van der Waals surface area contributed by atoms with E-state index < -0.39 is 5.91 Å². The number of carbonyl (C=O) groups is 1. The molecule has 0 unspecified atom stereocenters. The zero-order valence-electron chi connectivity index (χ0n) is 12.9. The van der Waals surface area contributed by atoms with Crippen LogP contribution < -0.4 is 10.2 Å². The minimum Gasteiger partial charge on any atom is -0.504 e. The Morgan fingerprint density at radius 1 is 1.36 bits per heavy atom. The van der Waals surface area contributed by atoms with Crippen molar-refractivity contribution in [2.45, 2.75) is 0 Å². The highest BCUT2D eigenvalue weighted by atomic mass is 79.9. The molecule has 0 saturated heterocycles. The Labute approximate surface area is 156 Å². The lowest BCUT2D eigenvalue weighted by Gasteiger charge is -2.06. The highest BCUT2D eigenvalue weighted by Gasteiger charge is 2.12. The van der Waals surface area contributed by atoms with Crippen LogP contribution in [0.15, 0.2) is 50.4 Å². The van der Waals surface area contributed by atoms with E-state index in [4.69, 9.17) is 20.8 Å². The second-order valence-electron chi connectivity index (χ2n) is 5.04. The number of amides is 1. The fraction of sp³-hybridized carbons (Fsp3) is 0.0588. The normalized spacial score (nSPS) is 11.2. The molecule has 0 saturated carbocycles. The number of nitrogens with zero attached hydrogens (tertiary/aromatic N) is 1. The van der Waals surface area contributed by atoms with Crippen molar-refractivity contribution in [1.82, 2.24) is 5.43 Å². The predicted molar refractivity (Wildman–Crippen MR) is 98.6 cm³/mol. The Bertz CT molecular complexity index is 984. The summed E-state index contributed by atoms with van der Waals surface area (Å²) in [7, 11) is 1.44. The fourth-order valence-corrected chi connectivity index (χ4v) is 2.83. The van der Waals surface area contributed by atoms with Crippen molar-refractivity contribution < 1.29 is 19.1 Å². The Morgan fingerprint density at radius 3 is 2.92 bits per heavy atom. The number of benzene rings is 2. The van der Waals surface area contributed by atoms with Crippen molar-refractivity contribution in [1.29, 1.82) is 0 Å². The number of furan rings is 1. The van der Waals surface area contributed by atoms with Gasteiger partial charge in [0.1, 0.15) is 5.58 Å². The van der Waals surface area contributed by atoms with Crippen LogP contribution in [0.1, 0.15) is 16.1 Å². The predicted octanol–water partition coefficient (Wildman–Crippen LogP) is 4.33. The van der Waals surface area contributed by atoms with Crippen molar-refractivity contribution in [3.05, 3.63) is 57.2 Å². The lowest BCUT2D eigenvalue weighted by atomic mass is 10.2. The largest absolute Gasteiger partial charge is 0.504 e. The third-order valence-corrected chi connectivity index (χ3v) is 4.05. The van der Waals surface area contributed by atoms with Crippen molar-refractivity contribution in [3.8, 4) is 11.5 Å². The van der Waals surface area contributed by atoms with Crippen molar-refractivity contribution in [3.63, 3.8) is 0 Å². The third kappa shape index (κ3) is 3.78. The molecule has 0 radical (unpaired) electrons. The lowest BCUT2D eigenvalue weighted by molar-refractivity contribution is 0.0929. The summed E-state index contributed by atoms with van der Waals surface area (Å²) in [6.45, 7) is 0. The van der Waals surface area contributed by atoms with Crippen molar-refractivity contribution >= 4 is 50.6 Å². The zero-order chi connectivity index (χ0) is 18.0. The van der Waals surface area contributed by atoms with Gasteiger partial charge in [0.2, 0.25) is 0 Å². The van der Waals surface area contributed by atoms with E-state index in [2.05, 4.69) is 26.5 Å². The smallest absolute Gasteiger partial charge is 0.307 e. The van der Waals surface area contributed by atoms with Crippen LogP contribution in [0, 0.1) is 0 Å². The van der Waals surface area contributed by atoms with Crippen LogP contribution in [-0.4, -0.2) is 24.3 Å². The van der Waals surface area contributed by atoms with Crippen LogP contribution in [-0.2, 0) is 0 Å². The summed E-state index contributed by atoms with van der Waals surface area (Å²) in [5.74, 6) is -0.214. The highest BCUT2D eigenvalue weighted by Crippen LogP contribution is 2.32. The molecule has 0 spiro atoms. The number of methoxy groups -OCH3 is 1. The van der Waals surface area contributed by atoms with Gasteiger partial charge in [0.25, 0.3) is 0 Å². The molecular weight excluding hydrogens is 412 g/mol. The molecule has 0 atom stereocenters. The average Bonchev–Trinajstić information content (AvgIpc) is 3.00. The first-order chi connectivity index (χ1) is 12.0. The first-order valence-electron chi connectivity index (χ1n) is 7.07. The summed E-state index contributed by atoms with van der Waals surface area (Å²) >= 11 is 9.21. The first-order valence-corrected chi connectivity index (χ1v) is 8.24. The molecule has 1 amide bonds. The van der Waals surface area contributed by atoms with Gasteiger partial charge in [-0.1, -0.05) is 27.5 Å². The molecule has 8 heteroatoms. The SMILES string of the molecule is COc1cc(Br)cc(/C=N/NC(=O)c2cc3cc(Cl)ccc3o2)c1O. The van der Waals surface area contributed by atoms with Gasteiger partial charge < -0.3 is 14.3 Å². The molecule has 3 rings (SSSR count). The van der Waals surface area contributed by atoms with Crippen LogP contribution in [0.3, 0.4) is 0 Å². The van der Waals surface area contributed by atoms with E-state index in [1.807, 2.05) is 0 Å². The van der Waals surface area contributed by atoms with Gasteiger partial charge in [0, 0.05) is 20.4 Å². The van der Waals surface area contributed by atoms with Crippen LogP contribution in [0.5, 0.6) is 11.5 Å². The number of hydrazone groups is 1. The number of hydrogen-bond acceptors (Lipinski definition) is 5. The third-order valence-electron chi connectivity index (χ3n) is 3.36. The fourth-order valence-electron chi connectivity index (χ4n) is 2.19. The van der Waals surface area contributed by atoms with E-state index in [-0.39, 0.29) is 17.3 Å². The molecule has 0 aliphatic rings. The Balaban J connectivity index is 1.77. The summed E-state index contributed by atoms with van der Waals surface area (Å²) in [5.41, 5.74) is 3.27. The molecule has 3 aromatic rings. The van der Waals surface area contributed by atoms with Crippen LogP contribution in [0.2, 0.25) is 5.02 Å². The highest BCUT2D eigenvalue weighted by molar-refractivity contribution is 9.10. The topological polar surface area (TPSA) is 84.1 Å². The zero-order valence-corrected chi connectivity index (χ0v) is 15.3. The van der Waals surface area contributed by atoms with E-state index in [1.165, 1.54) is 13.3 Å². The second kappa shape index (κ2) is 7.16. The molecule has 2 N–H and O–H groups in total.